The van der Waals surface area contributed by atoms with Crippen LogP contribution in [0.15, 0.2) is 0 Å². The van der Waals surface area contributed by atoms with Crippen LogP contribution < -0.4 is 0 Å². The molecule has 2 heterocycles. The molecule has 2 saturated heterocycles. The van der Waals surface area contributed by atoms with Crippen molar-refractivity contribution in [3.8, 4) is 0 Å². The fourth-order valence-electron chi connectivity index (χ4n) is 3.98. The molecule has 2 rings (SSSR count). The van der Waals surface area contributed by atoms with Gasteiger partial charge in [-0.05, 0) is 57.8 Å². The molecule has 0 aromatic carbocycles. The summed E-state index contributed by atoms with van der Waals surface area (Å²) in [7, 11) is 0. The van der Waals surface area contributed by atoms with Gasteiger partial charge in [0.05, 0.1) is 0 Å². The van der Waals surface area contributed by atoms with Crippen molar-refractivity contribution in [1.82, 2.24) is 9.80 Å². The molecule has 3 heteroatoms. The highest BCUT2D eigenvalue weighted by atomic mass is 27.1. The van der Waals surface area contributed by atoms with Gasteiger partial charge in [-0.1, -0.05) is 38.9 Å². The van der Waals surface area contributed by atoms with Gasteiger partial charge in [0.15, 0.2) is 0 Å². The summed E-state index contributed by atoms with van der Waals surface area (Å²) in [5.41, 5.74) is 0. The molecule has 0 amide bonds. The monoisotopic (exact) mass is 279 g/mol. The molecule has 19 heavy (non-hydrogen) atoms. The minimum absolute atomic E-state index is 0.442. The van der Waals surface area contributed by atoms with E-state index in [1.807, 2.05) is 0 Å². The summed E-state index contributed by atoms with van der Waals surface area (Å²) >= 11 is 0.495. The number of likely N-dealkylation sites (tertiary alicyclic amines) is 2. The van der Waals surface area contributed by atoms with Crippen LogP contribution in [-0.2, 0) is 0 Å². The highest BCUT2D eigenvalue weighted by molar-refractivity contribution is 6.40. The molecule has 0 atom stereocenters. The van der Waals surface area contributed by atoms with Crippen molar-refractivity contribution in [3.05, 3.63) is 0 Å². The first-order valence-electron chi connectivity index (χ1n) is 8.42. The van der Waals surface area contributed by atoms with Crippen LogP contribution in [0, 0.1) is 11.8 Å². The van der Waals surface area contributed by atoms with Gasteiger partial charge in [0.25, 0.3) is 15.2 Å². The van der Waals surface area contributed by atoms with E-state index in [4.69, 9.17) is 0 Å². The van der Waals surface area contributed by atoms with E-state index in [2.05, 4.69) is 37.5 Å². The zero-order chi connectivity index (χ0) is 13.9. The number of hydrogen-bond acceptors (Lipinski definition) is 2. The third kappa shape index (κ3) is 3.38. The van der Waals surface area contributed by atoms with Crippen LogP contribution in [0.4, 0.5) is 0 Å². The minimum atomic E-state index is 0.442. The molecule has 0 aliphatic carbocycles. The highest BCUT2D eigenvalue weighted by Gasteiger charge is 2.45. The van der Waals surface area contributed by atoms with Gasteiger partial charge in [0.1, 0.15) is 0 Å². The Balaban J connectivity index is 2.20. The van der Waals surface area contributed by atoms with Crippen LogP contribution >= 0.6 is 0 Å². The van der Waals surface area contributed by atoms with Gasteiger partial charge in [-0.25, -0.2) is 0 Å². The van der Waals surface area contributed by atoms with E-state index in [0.717, 1.165) is 11.8 Å². The number of hydrogen-bond donors (Lipinski definition) is 0. The fourth-order valence-corrected chi connectivity index (χ4v) is 6.31. The SMILES string of the molecule is CC(C)[CH2][Al][C](C(C)C)(N1CCCC1)N1CCCC1. The molecule has 0 aromatic rings. The van der Waals surface area contributed by atoms with Crippen molar-refractivity contribution in [1.29, 1.82) is 0 Å². The van der Waals surface area contributed by atoms with Gasteiger partial charge >= 0.3 is 0 Å². The van der Waals surface area contributed by atoms with Crippen molar-refractivity contribution < 1.29 is 0 Å². The summed E-state index contributed by atoms with van der Waals surface area (Å²) in [6.45, 7) is 15.1. The average Bonchev–Trinajstić information content (AvgIpc) is 3.01. The summed E-state index contributed by atoms with van der Waals surface area (Å²) in [4.78, 5) is 5.75. The Morgan fingerprint density at radius 3 is 1.58 bits per heavy atom. The molecule has 2 fully saturated rings. The van der Waals surface area contributed by atoms with Gasteiger partial charge in [0, 0.05) is 4.52 Å². The fraction of sp³-hybridized carbons (Fsp3) is 1.00. The van der Waals surface area contributed by atoms with Crippen molar-refractivity contribution >= 4 is 15.2 Å². The maximum Gasteiger partial charge on any atom is 0.259 e. The first-order valence-corrected chi connectivity index (χ1v) is 9.81. The zero-order valence-electron chi connectivity index (χ0n) is 13.5. The van der Waals surface area contributed by atoms with Crippen LogP contribution in [0.1, 0.15) is 53.4 Å². The zero-order valence-corrected chi connectivity index (χ0v) is 14.6. The summed E-state index contributed by atoms with van der Waals surface area (Å²) in [6, 6.07) is 0. The largest absolute Gasteiger partial charge is 0.299 e. The topological polar surface area (TPSA) is 6.48 Å². The van der Waals surface area contributed by atoms with Crippen LogP contribution in [0.5, 0.6) is 0 Å². The lowest BCUT2D eigenvalue weighted by molar-refractivity contribution is -0.00242. The molecular formula is C16H32AlN2. The first-order chi connectivity index (χ1) is 9.07. The predicted molar refractivity (Wildman–Crippen MR) is 84.6 cm³/mol. The van der Waals surface area contributed by atoms with E-state index in [1.54, 1.807) is 0 Å². The minimum Gasteiger partial charge on any atom is -0.299 e. The lowest BCUT2D eigenvalue weighted by atomic mass is 10.1. The Hall–Kier alpha value is 0.452. The molecule has 0 spiro atoms. The van der Waals surface area contributed by atoms with E-state index >= 15 is 0 Å². The van der Waals surface area contributed by atoms with Gasteiger partial charge in [-0.3, -0.25) is 9.80 Å². The van der Waals surface area contributed by atoms with E-state index in [0.29, 0.717) is 19.7 Å². The van der Waals surface area contributed by atoms with E-state index in [9.17, 15) is 0 Å². The van der Waals surface area contributed by atoms with Crippen molar-refractivity contribution in [2.75, 3.05) is 26.2 Å². The maximum atomic E-state index is 2.88. The molecule has 0 N–H and O–H groups in total. The molecule has 0 bridgehead atoms. The third-order valence-electron chi connectivity index (χ3n) is 4.96. The first kappa shape index (κ1) is 15.8. The van der Waals surface area contributed by atoms with Crippen molar-refractivity contribution in [3.63, 3.8) is 0 Å². The Morgan fingerprint density at radius 2 is 1.26 bits per heavy atom. The van der Waals surface area contributed by atoms with Crippen LogP contribution in [0.3, 0.4) is 0 Å². The molecule has 2 nitrogen and oxygen atoms in total. The second-order valence-electron chi connectivity index (χ2n) is 7.16. The predicted octanol–water partition coefficient (Wildman–Crippen LogP) is 3.27. The molecule has 1 radical (unpaired) electrons. The number of rotatable bonds is 6. The quantitative estimate of drug-likeness (QED) is 0.689. The summed E-state index contributed by atoms with van der Waals surface area (Å²) in [5, 5.41) is 1.45. The average molecular weight is 279 g/mol. The van der Waals surface area contributed by atoms with Crippen molar-refractivity contribution in [2.45, 2.75) is 63.2 Å². The molecule has 2 aliphatic heterocycles. The Morgan fingerprint density at radius 1 is 0.842 bits per heavy atom. The summed E-state index contributed by atoms with van der Waals surface area (Å²) < 4.78 is 0.442. The lowest BCUT2D eigenvalue weighted by Gasteiger charge is -2.53. The van der Waals surface area contributed by atoms with E-state index < -0.39 is 0 Å². The Bertz CT molecular complexity index is 250. The highest BCUT2D eigenvalue weighted by Crippen LogP contribution is 2.35. The van der Waals surface area contributed by atoms with Gasteiger partial charge in [-0.2, -0.15) is 0 Å². The van der Waals surface area contributed by atoms with E-state index in [1.165, 1.54) is 57.1 Å². The third-order valence-corrected chi connectivity index (χ3v) is 8.14. The molecule has 109 valence electrons. The van der Waals surface area contributed by atoms with Gasteiger partial charge in [-0.15, -0.1) is 0 Å². The maximum absolute atomic E-state index is 2.88. The van der Waals surface area contributed by atoms with Crippen LogP contribution in [0.2, 0.25) is 5.28 Å². The van der Waals surface area contributed by atoms with Crippen molar-refractivity contribution in [2.24, 2.45) is 11.8 Å². The number of nitrogens with zero attached hydrogens (tertiary/aromatic N) is 2. The summed E-state index contributed by atoms with van der Waals surface area (Å²) in [6.07, 6.45) is 5.68. The summed E-state index contributed by atoms with van der Waals surface area (Å²) in [5.74, 6) is 1.63. The van der Waals surface area contributed by atoms with Gasteiger partial charge < -0.3 is 0 Å². The lowest BCUT2D eigenvalue weighted by Crippen LogP contribution is -2.66. The van der Waals surface area contributed by atoms with Gasteiger partial charge in [0.2, 0.25) is 0 Å². The molecule has 0 unspecified atom stereocenters. The standard InChI is InChI=1S/C12H23N2.C4H9.Al/c1-11(2)12(13-7-3-4-8-13)14-9-5-6-10-14;1-4(2)3;/h11H,3-10H2,1-2H3;4H,1H2,2-3H3;. The molecule has 0 aromatic heterocycles. The molecule has 0 saturated carbocycles. The second kappa shape index (κ2) is 6.94. The smallest absolute Gasteiger partial charge is 0.259 e. The Kier molecular flexibility index (Phi) is 5.79. The molecular weight excluding hydrogens is 247 g/mol. The molecule has 2 aliphatic rings. The van der Waals surface area contributed by atoms with Crippen LogP contribution in [0.25, 0.3) is 0 Å². The second-order valence-corrected chi connectivity index (χ2v) is 8.89. The van der Waals surface area contributed by atoms with E-state index in [-0.39, 0.29) is 0 Å². The van der Waals surface area contributed by atoms with Crippen LogP contribution in [-0.4, -0.2) is 55.7 Å². The Labute approximate surface area is 126 Å². The normalized spacial score (nSPS) is 22.8.